The van der Waals surface area contributed by atoms with Gasteiger partial charge in [-0.15, -0.1) is 10.2 Å². The van der Waals surface area contributed by atoms with Gasteiger partial charge in [0.25, 0.3) is 11.6 Å². The van der Waals surface area contributed by atoms with Crippen LogP contribution in [-0.4, -0.2) is 65.2 Å². The quantitative estimate of drug-likeness (QED) is 0.527. The first kappa shape index (κ1) is 21.3. The summed E-state index contributed by atoms with van der Waals surface area (Å²) >= 11 is 5.85. The van der Waals surface area contributed by atoms with Crippen molar-refractivity contribution in [2.75, 3.05) is 49.1 Å². The zero-order chi connectivity index (χ0) is 22.0. The highest BCUT2D eigenvalue weighted by molar-refractivity contribution is 6.32. The van der Waals surface area contributed by atoms with Crippen molar-refractivity contribution in [2.24, 2.45) is 5.92 Å². The van der Waals surface area contributed by atoms with E-state index in [2.05, 4.69) is 26.9 Å². The van der Waals surface area contributed by atoms with Gasteiger partial charge >= 0.3 is 0 Å². The largest absolute Gasteiger partial charge is 0.355 e. The molecule has 1 aromatic carbocycles. The Kier molecular flexibility index (Phi) is 6.22. The van der Waals surface area contributed by atoms with Crippen LogP contribution in [0.5, 0.6) is 0 Å². The Bertz CT molecular complexity index is 954. The van der Waals surface area contributed by atoms with Crippen LogP contribution in [0.15, 0.2) is 30.3 Å². The van der Waals surface area contributed by atoms with Gasteiger partial charge in [0.05, 0.1) is 4.92 Å². The van der Waals surface area contributed by atoms with Crippen molar-refractivity contribution in [1.29, 1.82) is 0 Å². The Morgan fingerprint density at radius 2 is 1.58 bits per heavy atom. The topological polar surface area (TPSA) is 95.7 Å². The smallest absolute Gasteiger partial charge is 0.288 e. The van der Waals surface area contributed by atoms with Gasteiger partial charge in [0.2, 0.25) is 0 Å². The number of nitrogens with zero attached hydrogens (tertiary/aromatic N) is 6. The van der Waals surface area contributed by atoms with Gasteiger partial charge in [-0.1, -0.05) is 18.5 Å². The molecule has 0 unspecified atom stereocenters. The molecule has 1 aromatic heterocycles. The van der Waals surface area contributed by atoms with E-state index in [4.69, 9.17) is 11.6 Å². The van der Waals surface area contributed by atoms with Crippen LogP contribution in [0.1, 0.15) is 30.1 Å². The predicted molar refractivity (Wildman–Crippen MR) is 119 cm³/mol. The van der Waals surface area contributed by atoms with Gasteiger partial charge in [-0.3, -0.25) is 14.9 Å². The van der Waals surface area contributed by atoms with Crippen molar-refractivity contribution in [3.63, 3.8) is 0 Å². The Balaban J connectivity index is 1.36. The van der Waals surface area contributed by atoms with Crippen LogP contribution >= 0.6 is 11.6 Å². The zero-order valence-electron chi connectivity index (χ0n) is 17.4. The monoisotopic (exact) mass is 444 g/mol. The highest BCUT2D eigenvalue weighted by Gasteiger charge is 2.25. The number of benzene rings is 1. The summed E-state index contributed by atoms with van der Waals surface area (Å²) in [4.78, 5) is 29.4. The number of hydrogen-bond donors (Lipinski definition) is 0. The lowest BCUT2D eigenvalue weighted by Crippen LogP contribution is -2.49. The first-order chi connectivity index (χ1) is 14.9. The van der Waals surface area contributed by atoms with E-state index in [0.717, 1.165) is 30.6 Å². The molecular formula is C21H25ClN6O3. The maximum Gasteiger partial charge on any atom is 0.288 e. The molecule has 0 radical (unpaired) electrons. The van der Waals surface area contributed by atoms with Crippen LogP contribution in [0.2, 0.25) is 5.02 Å². The van der Waals surface area contributed by atoms with Crippen molar-refractivity contribution in [3.8, 4) is 0 Å². The lowest BCUT2D eigenvalue weighted by Gasteiger charge is -2.35. The Hall–Kier alpha value is -2.94. The van der Waals surface area contributed by atoms with E-state index >= 15 is 0 Å². The molecule has 2 aromatic rings. The summed E-state index contributed by atoms with van der Waals surface area (Å²) in [6.45, 7) is 6.56. The fourth-order valence-corrected chi connectivity index (χ4v) is 4.19. The van der Waals surface area contributed by atoms with Crippen LogP contribution in [0.25, 0.3) is 0 Å². The first-order valence-corrected chi connectivity index (χ1v) is 10.9. The minimum atomic E-state index is -0.580. The number of nitro groups is 1. The van der Waals surface area contributed by atoms with E-state index in [0.29, 0.717) is 26.2 Å². The number of carbonyl (C=O) groups excluding carboxylic acids is 1. The molecule has 0 saturated carbocycles. The number of rotatable bonds is 4. The normalized spacial score (nSPS) is 17.7. The van der Waals surface area contributed by atoms with Gasteiger partial charge in [0.15, 0.2) is 11.6 Å². The highest BCUT2D eigenvalue weighted by Crippen LogP contribution is 2.26. The van der Waals surface area contributed by atoms with Crippen LogP contribution in [0, 0.1) is 16.0 Å². The van der Waals surface area contributed by atoms with Gasteiger partial charge in [-0.25, -0.2) is 0 Å². The summed E-state index contributed by atoms with van der Waals surface area (Å²) in [5.41, 5.74) is 0.00854. The minimum Gasteiger partial charge on any atom is -0.355 e. The molecule has 4 rings (SSSR count). The van der Waals surface area contributed by atoms with Crippen molar-refractivity contribution in [3.05, 3.63) is 51.0 Å². The summed E-state index contributed by atoms with van der Waals surface area (Å²) in [5.74, 6) is 2.24. The van der Waals surface area contributed by atoms with Gasteiger partial charge in [-0.05, 0) is 43.0 Å². The molecule has 2 aliphatic rings. The zero-order valence-corrected chi connectivity index (χ0v) is 18.2. The molecular weight excluding hydrogens is 420 g/mol. The first-order valence-electron chi connectivity index (χ1n) is 10.5. The molecule has 0 N–H and O–H groups in total. The van der Waals surface area contributed by atoms with Crippen molar-refractivity contribution in [1.82, 2.24) is 15.1 Å². The summed E-state index contributed by atoms with van der Waals surface area (Å²) in [5, 5.41) is 19.9. The molecule has 2 saturated heterocycles. The molecule has 0 aliphatic carbocycles. The fraction of sp³-hybridized carbons (Fsp3) is 0.476. The average molecular weight is 445 g/mol. The lowest BCUT2D eigenvalue weighted by atomic mass is 9.99. The van der Waals surface area contributed by atoms with E-state index in [9.17, 15) is 14.9 Å². The third-order valence-corrected chi connectivity index (χ3v) is 6.34. The molecule has 0 atom stereocenters. The van der Waals surface area contributed by atoms with Gasteiger partial charge < -0.3 is 14.7 Å². The van der Waals surface area contributed by atoms with Crippen LogP contribution in [0.4, 0.5) is 17.3 Å². The number of piperazine rings is 1. The Morgan fingerprint density at radius 3 is 2.13 bits per heavy atom. The van der Waals surface area contributed by atoms with E-state index in [1.54, 1.807) is 4.90 Å². The summed E-state index contributed by atoms with van der Waals surface area (Å²) in [6, 6.07) is 8.16. The number of piperidine rings is 1. The SMILES string of the molecule is CC1CCN(c2ccc(N3CCN(C(=O)c4ccc(Cl)c([N+](=O)[O-])c4)CC3)nn2)CC1. The molecule has 2 fully saturated rings. The van der Waals surface area contributed by atoms with Crippen molar-refractivity contribution >= 4 is 34.8 Å². The van der Waals surface area contributed by atoms with Crippen LogP contribution in [-0.2, 0) is 0 Å². The van der Waals surface area contributed by atoms with E-state index in [1.165, 1.54) is 31.0 Å². The standard InChI is InChI=1S/C21H25ClN6O3/c1-15-6-8-25(9-7-15)19-4-5-20(24-23-19)26-10-12-27(13-11-26)21(29)16-2-3-17(22)18(14-16)28(30)31/h2-5,14-15H,6-13H2,1H3. The summed E-state index contributed by atoms with van der Waals surface area (Å²) < 4.78 is 0. The average Bonchev–Trinajstić information content (AvgIpc) is 2.79. The minimum absolute atomic E-state index is 0.0208. The number of aromatic nitrogens is 2. The number of anilines is 2. The summed E-state index contributed by atoms with van der Waals surface area (Å²) in [7, 11) is 0. The molecule has 9 nitrogen and oxygen atoms in total. The lowest BCUT2D eigenvalue weighted by molar-refractivity contribution is -0.384. The number of amides is 1. The number of hydrogen-bond acceptors (Lipinski definition) is 7. The Labute approximate surface area is 185 Å². The molecule has 10 heteroatoms. The molecule has 0 bridgehead atoms. The fourth-order valence-electron chi connectivity index (χ4n) is 4.00. The molecule has 3 heterocycles. The maximum atomic E-state index is 12.8. The number of nitro benzene ring substituents is 1. The molecule has 164 valence electrons. The molecule has 1 amide bonds. The molecule has 2 aliphatic heterocycles. The second-order valence-corrected chi connectivity index (χ2v) is 8.53. The number of carbonyl (C=O) groups is 1. The van der Waals surface area contributed by atoms with E-state index in [1.807, 2.05) is 12.1 Å². The van der Waals surface area contributed by atoms with Crippen LogP contribution < -0.4 is 9.80 Å². The highest BCUT2D eigenvalue weighted by atomic mass is 35.5. The number of halogens is 1. The maximum absolute atomic E-state index is 12.8. The molecule has 31 heavy (non-hydrogen) atoms. The molecule has 0 spiro atoms. The predicted octanol–water partition coefficient (Wildman–Crippen LogP) is 3.24. The third kappa shape index (κ3) is 4.71. The van der Waals surface area contributed by atoms with Crippen molar-refractivity contribution in [2.45, 2.75) is 19.8 Å². The van der Waals surface area contributed by atoms with E-state index in [-0.39, 0.29) is 22.2 Å². The van der Waals surface area contributed by atoms with Gasteiger partial charge in [-0.2, -0.15) is 0 Å². The van der Waals surface area contributed by atoms with Crippen LogP contribution in [0.3, 0.4) is 0 Å². The third-order valence-electron chi connectivity index (χ3n) is 6.02. The van der Waals surface area contributed by atoms with Crippen molar-refractivity contribution < 1.29 is 9.72 Å². The second kappa shape index (κ2) is 9.05. The van der Waals surface area contributed by atoms with E-state index < -0.39 is 4.92 Å². The summed E-state index contributed by atoms with van der Waals surface area (Å²) in [6.07, 6.45) is 2.35. The van der Waals surface area contributed by atoms with Gasteiger partial charge in [0.1, 0.15) is 5.02 Å². The Morgan fingerprint density at radius 1 is 1.00 bits per heavy atom. The van der Waals surface area contributed by atoms with Gasteiger partial charge in [0, 0.05) is 50.9 Å². The second-order valence-electron chi connectivity index (χ2n) is 8.12.